The van der Waals surface area contributed by atoms with Crippen LogP contribution in [0.1, 0.15) is 38.4 Å². The normalized spacial score (nSPS) is 20.6. The van der Waals surface area contributed by atoms with Crippen molar-refractivity contribution in [2.24, 2.45) is 5.41 Å². The molecule has 0 amide bonds. The summed E-state index contributed by atoms with van der Waals surface area (Å²) >= 11 is 0. The molecule has 1 N–H and O–H groups in total. The minimum Gasteiger partial charge on any atom is -0.312 e. The summed E-state index contributed by atoms with van der Waals surface area (Å²) in [5.74, 6) is -0.278. The molecule has 106 valence electrons. The summed E-state index contributed by atoms with van der Waals surface area (Å²) in [6, 6.07) is 3.44. The lowest BCUT2D eigenvalue weighted by atomic mass is 9.93. The third-order valence-corrected chi connectivity index (χ3v) is 3.95. The molecule has 1 fully saturated rings. The van der Waals surface area contributed by atoms with Crippen molar-refractivity contribution in [2.75, 3.05) is 26.7 Å². The summed E-state index contributed by atoms with van der Waals surface area (Å²) < 4.78 is 12.9. The van der Waals surface area contributed by atoms with E-state index in [0.29, 0.717) is 5.41 Å². The number of nitrogens with one attached hydrogen (secondary N) is 1. The van der Waals surface area contributed by atoms with Crippen molar-refractivity contribution in [3.63, 3.8) is 0 Å². The first-order valence-electron chi connectivity index (χ1n) is 7.01. The summed E-state index contributed by atoms with van der Waals surface area (Å²) in [5.41, 5.74) is 1.37. The monoisotopic (exact) mass is 265 g/mol. The zero-order valence-electron chi connectivity index (χ0n) is 12.1. The van der Waals surface area contributed by atoms with Crippen LogP contribution in [0.15, 0.2) is 18.3 Å². The maximum Gasteiger partial charge on any atom is 0.141 e. The predicted octanol–water partition coefficient (Wildman–Crippen LogP) is 2.60. The van der Waals surface area contributed by atoms with Crippen molar-refractivity contribution in [1.82, 2.24) is 15.2 Å². The van der Waals surface area contributed by atoms with Crippen molar-refractivity contribution in [3.05, 3.63) is 29.8 Å². The molecule has 0 radical (unpaired) electrons. The van der Waals surface area contributed by atoms with E-state index in [2.05, 4.69) is 29.0 Å². The van der Waals surface area contributed by atoms with Crippen molar-refractivity contribution in [3.8, 4) is 0 Å². The summed E-state index contributed by atoms with van der Waals surface area (Å²) in [7, 11) is 1.93. The molecule has 4 heteroatoms. The highest BCUT2D eigenvalue weighted by Gasteiger charge is 2.29. The first-order chi connectivity index (χ1) is 9.00. The van der Waals surface area contributed by atoms with Crippen molar-refractivity contribution < 1.29 is 4.39 Å². The molecule has 19 heavy (non-hydrogen) atoms. The quantitative estimate of drug-likeness (QED) is 0.887. The zero-order valence-corrected chi connectivity index (χ0v) is 12.1. The van der Waals surface area contributed by atoms with E-state index in [0.717, 1.165) is 18.7 Å². The largest absolute Gasteiger partial charge is 0.312 e. The summed E-state index contributed by atoms with van der Waals surface area (Å²) in [4.78, 5) is 6.68. The van der Waals surface area contributed by atoms with Gasteiger partial charge < -0.3 is 10.2 Å². The first kappa shape index (κ1) is 14.4. The Morgan fingerprint density at radius 1 is 1.47 bits per heavy atom. The van der Waals surface area contributed by atoms with Gasteiger partial charge in [-0.25, -0.2) is 4.39 Å². The highest BCUT2D eigenvalue weighted by atomic mass is 19.1. The molecule has 1 atom stereocenters. The summed E-state index contributed by atoms with van der Waals surface area (Å²) in [6.07, 6.45) is 3.57. The molecule has 3 nitrogen and oxygen atoms in total. The van der Waals surface area contributed by atoms with E-state index in [1.807, 2.05) is 7.05 Å². The van der Waals surface area contributed by atoms with E-state index in [1.165, 1.54) is 31.8 Å². The second-order valence-electron chi connectivity index (χ2n) is 6.22. The topological polar surface area (TPSA) is 28.2 Å². The molecule has 0 aliphatic carbocycles. The number of nitrogens with zero attached hydrogens (tertiary/aromatic N) is 2. The van der Waals surface area contributed by atoms with Gasteiger partial charge in [-0.2, -0.15) is 0 Å². The SMILES string of the molecule is CNC(CCN1CCC(C)(C)C1)c1ccc(F)cn1. The van der Waals surface area contributed by atoms with Crippen LogP contribution in [0.2, 0.25) is 0 Å². The average molecular weight is 265 g/mol. The predicted molar refractivity (Wildman–Crippen MR) is 75.5 cm³/mol. The number of pyridine rings is 1. The second kappa shape index (κ2) is 5.97. The molecule has 0 saturated carbocycles. The Morgan fingerprint density at radius 3 is 2.79 bits per heavy atom. The van der Waals surface area contributed by atoms with E-state index in [9.17, 15) is 4.39 Å². The van der Waals surface area contributed by atoms with Crippen molar-refractivity contribution >= 4 is 0 Å². The Balaban J connectivity index is 1.88. The number of rotatable bonds is 5. The minimum atomic E-state index is -0.278. The van der Waals surface area contributed by atoms with E-state index in [-0.39, 0.29) is 11.9 Å². The Labute approximate surface area is 115 Å². The van der Waals surface area contributed by atoms with Crippen molar-refractivity contribution in [2.45, 2.75) is 32.7 Å². The van der Waals surface area contributed by atoms with E-state index >= 15 is 0 Å². The first-order valence-corrected chi connectivity index (χ1v) is 7.01. The highest BCUT2D eigenvalue weighted by molar-refractivity contribution is 5.09. The van der Waals surface area contributed by atoms with Gasteiger partial charge in [-0.05, 0) is 44.0 Å². The third kappa shape index (κ3) is 3.98. The molecule has 0 bridgehead atoms. The second-order valence-corrected chi connectivity index (χ2v) is 6.22. The summed E-state index contributed by atoms with van der Waals surface area (Å²) in [5, 5.41) is 3.27. The lowest BCUT2D eigenvalue weighted by Crippen LogP contribution is -2.28. The molecular weight excluding hydrogens is 241 g/mol. The molecule has 1 unspecified atom stereocenters. The molecule has 1 aliphatic heterocycles. The van der Waals surface area contributed by atoms with Crippen LogP contribution in [0.4, 0.5) is 4.39 Å². The van der Waals surface area contributed by atoms with Crippen LogP contribution in [-0.2, 0) is 0 Å². The molecule has 1 aromatic heterocycles. The van der Waals surface area contributed by atoms with Gasteiger partial charge >= 0.3 is 0 Å². The Morgan fingerprint density at radius 2 is 2.26 bits per heavy atom. The van der Waals surface area contributed by atoms with Gasteiger partial charge in [-0.1, -0.05) is 13.8 Å². The Bertz CT molecular complexity index is 402. The Hall–Kier alpha value is -1.00. The lowest BCUT2D eigenvalue weighted by molar-refractivity contribution is 0.275. The summed E-state index contributed by atoms with van der Waals surface area (Å²) in [6.45, 7) is 8.06. The number of hydrogen-bond acceptors (Lipinski definition) is 3. The van der Waals surface area contributed by atoms with E-state index in [1.54, 1.807) is 6.07 Å². The van der Waals surface area contributed by atoms with Crippen molar-refractivity contribution in [1.29, 1.82) is 0 Å². The van der Waals surface area contributed by atoms with Crippen LogP contribution < -0.4 is 5.32 Å². The fraction of sp³-hybridized carbons (Fsp3) is 0.667. The number of hydrogen-bond donors (Lipinski definition) is 1. The van der Waals surface area contributed by atoms with Crippen LogP contribution in [0.25, 0.3) is 0 Å². The van der Waals surface area contributed by atoms with Crippen LogP contribution in [0, 0.1) is 11.2 Å². The third-order valence-electron chi connectivity index (χ3n) is 3.95. The molecular formula is C15H24FN3. The molecule has 1 saturated heterocycles. The van der Waals surface area contributed by atoms with Gasteiger partial charge in [-0.15, -0.1) is 0 Å². The van der Waals surface area contributed by atoms with Gasteiger partial charge in [0, 0.05) is 13.1 Å². The fourth-order valence-electron chi connectivity index (χ4n) is 2.76. The fourth-order valence-corrected chi connectivity index (χ4v) is 2.76. The van der Waals surface area contributed by atoms with Gasteiger partial charge in [0.25, 0.3) is 0 Å². The van der Waals surface area contributed by atoms with Crippen LogP contribution in [-0.4, -0.2) is 36.6 Å². The number of likely N-dealkylation sites (tertiary alicyclic amines) is 1. The van der Waals surface area contributed by atoms with Crippen LogP contribution >= 0.6 is 0 Å². The van der Waals surface area contributed by atoms with Crippen LogP contribution in [0.3, 0.4) is 0 Å². The molecule has 2 heterocycles. The maximum absolute atomic E-state index is 12.9. The number of halogens is 1. The molecule has 1 aliphatic rings. The molecule has 0 aromatic carbocycles. The average Bonchev–Trinajstić information content (AvgIpc) is 2.72. The number of aromatic nitrogens is 1. The van der Waals surface area contributed by atoms with Crippen LogP contribution in [0.5, 0.6) is 0 Å². The smallest absolute Gasteiger partial charge is 0.141 e. The van der Waals surface area contributed by atoms with E-state index < -0.39 is 0 Å². The molecule has 0 spiro atoms. The lowest BCUT2D eigenvalue weighted by Gasteiger charge is -2.22. The van der Waals surface area contributed by atoms with E-state index in [4.69, 9.17) is 0 Å². The van der Waals surface area contributed by atoms with Gasteiger partial charge in [0.2, 0.25) is 0 Å². The van der Waals surface area contributed by atoms with Gasteiger partial charge in [0.15, 0.2) is 0 Å². The zero-order chi connectivity index (χ0) is 13.9. The highest BCUT2D eigenvalue weighted by Crippen LogP contribution is 2.29. The Kier molecular flexibility index (Phi) is 4.53. The maximum atomic E-state index is 12.9. The standard InChI is InChI=1S/C15H24FN3/c1-15(2)7-9-19(11-15)8-6-13(17-3)14-5-4-12(16)10-18-14/h4-5,10,13,17H,6-9,11H2,1-3H3. The van der Waals surface area contributed by atoms with Gasteiger partial charge in [0.05, 0.1) is 17.9 Å². The van der Waals surface area contributed by atoms with Gasteiger partial charge in [-0.3, -0.25) is 4.98 Å². The molecule has 1 aromatic rings. The molecule has 2 rings (SSSR count). The van der Waals surface area contributed by atoms with Gasteiger partial charge in [0.1, 0.15) is 5.82 Å². The minimum absolute atomic E-state index is 0.198.